The van der Waals surface area contributed by atoms with E-state index >= 15 is 0 Å². The largest absolute Gasteiger partial charge is 0.472 e. The normalized spacial score (nSPS) is 13.4. The first kappa shape index (κ1) is 14.9. The molecule has 0 fully saturated rings. The summed E-state index contributed by atoms with van der Waals surface area (Å²) in [7, 11) is 0. The Morgan fingerprint density at radius 2 is 2.00 bits per heavy atom. The van der Waals surface area contributed by atoms with Crippen LogP contribution in [0.1, 0.15) is 11.7 Å². The second-order valence-corrected chi connectivity index (χ2v) is 4.80. The first-order valence-corrected chi connectivity index (χ1v) is 6.82. The lowest BCUT2D eigenvalue weighted by Crippen LogP contribution is -2.37. The van der Waals surface area contributed by atoms with Crippen molar-refractivity contribution in [3.8, 4) is 11.5 Å². The zero-order chi connectivity index (χ0) is 16.2. The fraction of sp³-hybridized carbons (Fsp3) is 0.200. The predicted octanol–water partition coefficient (Wildman–Crippen LogP) is 0.797. The van der Waals surface area contributed by atoms with Gasteiger partial charge in [0.15, 0.2) is 11.5 Å². The van der Waals surface area contributed by atoms with E-state index in [2.05, 4.69) is 10.6 Å². The van der Waals surface area contributed by atoms with E-state index in [1.807, 2.05) is 0 Å². The topological polar surface area (TPSA) is 110 Å². The minimum atomic E-state index is -0.948. The number of nitrogens with one attached hydrogen (secondary N) is 2. The summed E-state index contributed by atoms with van der Waals surface area (Å²) >= 11 is 0. The number of rotatable bonds is 4. The van der Waals surface area contributed by atoms with E-state index in [1.165, 1.54) is 12.5 Å². The molecule has 2 aromatic rings. The van der Waals surface area contributed by atoms with Gasteiger partial charge >= 0.3 is 11.8 Å². The van der Waals surface area contributed by atoms with E-state index in [4.69, 9.17) is 13.9 Å². The monoisotopic (exact) mass is 318 g/mol. The lowest BCUT2D eigenvalue weighted by atomic mass is 10.2. The van der Waals surface area contributed by atoms with Gasteiger partial charge in [-0.2, -0.15) is 0 Å². The molecule has 0 unspecified atom stereocenters. The summed E-state index contributed by atoms with van der Waals surface area (Å²) in [5.41, 5.74) is 0.922. The first-order chi connectivity index (χ1) is 11.1. The fourth-order valence-electron chi connectivity index (χ4n) is 2.01. The van der Waals surface area contributed by atoms with Crippen LogP contribution in [-0.2, 0) is 9.59 Å². The van der Waals surface area contributed by atoms with Gasteiger partial charge in [0.05, 0.1) is 18.6 Å². The van der Waals surface area contributed by atoms with Crippen LogP contribution in [0.3, 0.4) is 0 Å². The molecule has 8 heteroatoms. The minimum absolute atomic E-state index is 0.104. The van der Waals surface area contributed by atoms with E-state index in [1.54, 1.807) is 24.3 Å². The molecule has 2 amide bonds. The molecule has 3 rings (SSSR count). The van der Waals surface area contributed by atoms with Crippen LogP contribution in [-0.4, -0.2) is 30.3 Å². The average molecular weight is 318 g/mol. The molecule has 0 bridgehead atoms. The van der Waals surface area contributed by atoms with Crippen molar-refractivity contribution in [2.24, 2.45) is 0 Å². The summed E-state index contributed by atoms with van der Waals surface area (Å²) in [5, 5.41) is 14.6. The number of carbonyl (C=O) groups excluding carboxylic acids is 2. The van der Waals surface area contributed by atoms with E-state index in [9.17, 15) is 14.7 Å². The molecule has 2 heterocycles. The molecule has 0 radical (unpaired) electrons. The van der Waals surface area contributed by atoms with Crippen LogP contribution in [0.25, 0.3) is 0 Å². The molecule has 120 valence electrons. The molecule has 1 aromatic heterocycles. The summed E-state index contributed by atoms with van der Waals surface area (Å²) in [6.07, 6.45) is 1.83. The highest BCUT2D eigenvalue weighted by molar-refractivity contribution is 6.39. The molecule has 1 aromatic carbocycles. The Morgan fingerprint density at radius 3 is 2.78 bits per heavy atom. The fourth-order valence-corrected chi connectivity index (χ4v) is 2.01. The first-order valence-electron chi connectivity index (χ1n) is 6.82. The number of furan rings is 1. The zero-order valence-corrected chi connectivity index (χ0v) is 11.9. The predicted molar refractivity (Wildman–Crippen MR) is 77.9 cm³/mol. The third-order valence-electron chi connectivity index (χ3n) is 3.22. The van der Waals surface area contributed by atoms with Gasteiger partial charge in [-0.3, -0.25) is 9.59 Å². The number of hydrogen-bond donors (Lipinski definition) is 3. The number of anilines is 1. The van der Waals surface area contributed by atoms with Gasteiger partial charge < -0.3 is 29.6 Å². The van der Waals surface area contributed by atoms with Gasteiger partial charge in [0.1, 0.15) is 0 Å². The van der Waals surface area contributed by atoms with Crippen LogP contribution in [0, 0.1) is 0 Å². The summed E-state index contributed by atoms with van der Waals surface area (Å²) in [5.74, 6) is -0.622. The van der Waals surface area contributed by atoms with Gasteiger partial charge in [0.25, 0.3) is 0 Å². The Hall–Kier alpha value is -3.00. The molecule has 0 saturated heterocycles. The van der Waals surface area contributed by atoms with Crippen LogP contribution in [0.15, 0.2) is 41.2 Å². The van der Waals surface area contributed by atoms with Gasteiger partial charge in [-0.1, -0.05) is 0 Å². The molecule has 1 aliphatic heterocycles. The molecule has 0 saturated carbocycles. The van der Waals surface area contributed by atoms with Crippen LogP contribution in [0.5, 0.6) is 11.5 Å². The van der Waals surface area contributed by atoms with E-state index < -0.39 is 17.9 Å². The van der Waals surface area contributed by atoms with Crippen molar-refractivity contribution in [2.45, 2.75) is 6.10 Å². The van der Waals surface area contributed by atoms with E-state index in [0.29, 0.717) is 22.7 Å². The Labute approximate surface area is 131 Å². The molecule has 1 atom stereocenters. The minimum Gasteiger partial charge on any atom is -0.472 e. The lowest BCUT2D eigenvalue weighted by Gasteiger charge is -2.10. The molecule has 1 aliphatic rings. The molecule has 0 spiro atoms. The third-order valence-corrected chi connectivity index (χ3v) is 3.22. The SMILES string of the molecule is O=C(NC[C@H](O)c1ccoc1)C(=O)Nc1ccc2c(c1)OCO2. The second kappa shape index (κ2) is 6.41. The Bertz CT molecular complexity index is 713. The van der Waals surface area contributed by atoms with E-state index in [-0.39, 0.29) is 13.3 Å². The average Bonchev–Trinajstić information content (AvgIpc) is 3.22. The lowest BCUT2D eigenvalue weighted by molar-refractivity contribution is -0.136. The van der Waals surface area contributed by atoms with Crippen LogP contribution < -0.4 is 20.1 Å². The van der Waals surface area contributed by atoms with Crippen LogP contribution >= 0.6 is 0 Å². The van der Waals surface area contributed by atoms with Gasteiger partial charge in [-0.05, 0) is 18.2 Å². The highest BCUT2D eigenvalue weighted by Crippen LogP contribution is 2.34. The summed E-state index contributed by atoms with van der Waals surface area (Å²) in [4.78, 5) is 23.6. The molecule has 3 N–H and O–H groups in total. The third kappa shape index (κ3) is 3.43. The molecular formula is C15H14N2O6. The quantitative estimate of drug-likeness (QED) is 0.719. The van der Waals surface area contributed by atoms with Crippen molar-refractivity contribution < 1.29 is 28.6 Å². The van der Waals surface area contributed by atoms with Gasteiger partial charge in [0.2, 0.25) is 6.79 Å². The maximum Gasteiger partial charge on any atom is 0.313 e. The number of carbonyl (C=O) groups is 2. The number of fused-ring (bicyclic) bond motifs is 1. The van der Waals surface area contributed by atoms with Crippen molar-refractivity contribution in [1.82, 2.24) is 5.32 Å². The smallest absolute Gasteiger partial charge is 0.313 e. The van der Waals surface area contributed by atoms with Crippen LogP contribution in [0.4, 0.5) is 5.69 Å². The highest BCUT2D eigenvalue weighted by Gasteiger charge is 2.18. The van der Waals surface area contributed by atoms with Crippen LogP contribution in [0.2, 0.25) is 0 Å². The summed E-state index contributed by atoms with van der Waals surface area (Å²) in [6.45, 7) is 0.0199. The van der Waals surface area contributed by atoms with Crippen molar-refractivity contribution >= 4 is 17.5 Å². The number of amides is 2. The standard InChI is InChI=1S/C15H14N2O6/c18-11(9-3-4-21-7-9)6-16-14(19)15(20)17-10-1-2-12-13(5-10)23-8-22-12/h1-5,7,11,18H,6,8H2,(H,16,19)(H,17,20)/t11-/m0/s1. The van der Waals surface area contributed by atoms with Crippen molar-refractivity contribution in [3.63, 3.8) is 0 Å². The molecule has 23 heavy (non-hydrogen) atoms. The number of aliphatic hydroxyl groups is 1. The molecule has 8 nitrogen and oxygen atoms in total. The second-order valence-electron chi connectivity index (χ2n) is 4.80. The number of hydrogen-bond acceptors (Lipinski definition) is 6. The van der Waals surface area contributed by atoms with Gasteiger partial charge in [-0.25, -0.2) is 0 Å². The maximum atomic E-state index is 11.8. The van der Waals surface area contributed by atoms with E-state index in [0.717, 1.165) is 0 Å². The summed E-state index contributed by atoms with van der Waals surface area (Å²) in [6, 6.07) is 6.37. The van der Waals surface area contributed by atoms with Crippen molar-refractivity contribution in [1.29, 1.82) is 0 Å². The number of aliphatic hydroxyl groups excluding tert-OH is 1. The maximum absolute atomic E-state index is 11.8. The van der Waals surface area contributed by atoms with Crippen molar-refractivity contribution in [3.05, 3.63) is 42.4 Å². The van der Waals surface area contributed by atoms with Gasteiger partial charge in [-0.15, -0.1) is 0 Å². The Kier molecular flexibility index (Phi) is 4.15. The molecular weight excluding hydrogens is 304 g/mol. The van der Waals surface area contributed by atoms with Gasteiger partial charge in [0, 0.05) is 23.9 Å². The summed E-state index contributed by atoms with van der Waals surface area (Å²) < 4.78 is 15.2. The Morgan fingerprint density at radius 1 is 1.17 bits per heavy atom. The van der Waals surface area contributed by atoms with Crippen molar-refractivity contribution in [2.75, 3.05) is 18.7 Å². The number of benzene rings is 1. The highest BCUT2D eigenvalue weighted by atomic mass is 16.7. The molecule has 0 aliphatic carbocycles. The zero-order valence-electron chi connectivity index (χ0n) is 11.9. The Balaban J connectivity index is 1.52. The number of ether oxygens (including phenoxy) is 2.